The summed E-state index contributed by atoms with van der Waals surface area (Å²) in [6.07, 6.45) is 2.30. The van der Waals surface area contributed by atoms with Crippen molar-refractivity contribution in [1.29, 1.82) is 0 Å². The summed E-state index contributed by atoms with van der Waals surface area (Å²) in [6, 6.07) is 0. The van der Waals surface area contributed by atoms with Gasteiger partial charge in [0.1, 0.15) is 6.23 Å². The molecule has 3 heteroatoms. The molecular formula is C8H16NO2. The van der Waals surface area contributed by atoms with Crippen LogP contribution in [-0.4, -0.2) is 32.6 Å². The SMILES string of the molecule is CCCCOC1COCC[N]1. The maximum absolute atomic E-state index is 5.43. The van der Waals surface area contributed by atoms with Gasteiger partial charge in [-0.1, -0.05) is 13.3 Å². The minimum Gasteiger partial charge on any atom is -0.376 e. The molecule has 65 valence electrons. The Morgan fingerprint density at radius 3 is 3.18 bits per heavy atom. The number of nitrogens with zero attached hydrogens (tertiary/aromatic N) is 1. The first kappa shape index (κ1) is 8.97. The van der Waals surface area contributed by atoms with E-state index in [0.29, 0.717) is 6.61 Å². The molecule has 0 spiro atoms. The normalized spacial score (nSPS) is 25.4. The zero-order chi connectivity index (χ0) is 7.94. The Balaban J connectivity index is 1.96. The molecule has 0 saturated carbocycles. The summed E-state index contributed by atoms with van der Waals surface area (Å²) in [7, 11) is 0. The molecular weight excluding hydrogens is 142 g/mol. The van der Waals surface area contributed by atoms with Gasteiger partial charge in [-0.15, -0.1) is 0 Å². The molecule has 0 N–H and O–H groups in total. The molecule has 1 saturated heterocycles. The lowest BCUT2D eigenvalue weighted by Crippen LogP contribution is -2.38. The van der Waals surface area contributed by atoms with Crippen LogP contribution >= 0.6 is 0 Å². The molecule has 1 unspecified atom stereocenters. The molecule has 1 atom stereocenters. The number of hydrogen-bond donors (Lipinski definition) is 0. The van der Waals surface area contributed by atoms with Crippen LogP contribution in [0.15, 0.2) is 0 Å². The van der Waals surface area contributed by atoms with E-state index in [1.54, 1.807) is 0 Å². The van der Waals surface area contributed by atoms with Crippen molar-refractivity contribution in [3.05, 3.63) is 0 Å². The van der Waals surface area contributed by atoms with E-state index in [1.807, 2.05) is 0 Å². The number of morpholine rings is 1. The number of rotatable bonds is 4. The molecule has 1 heterocycles. The molecule has 0 bridgehead atoms. The van der Waals surface area contributed by atoms with Crippen molar-refractivity contribution in [2.24, 2.45) is 0 Å². The summed E-state index contributed by atoms with van der Waals surface area (Å²) in [5.74, 6) is 0. The van der Waals surface area contributed by atoms with Crippen molar-refractivity contribution in [1.82, 2.24) is 5.32 Å². The second-order valence-corrected chi connectivity index (χ2v) is 2.66. The van der Waals surface area contributed by atoms with Crippen molar-refractivity contribution >= 4 is 0 Å². The highest BCUT2D eigenvalue weighted by atomic mass is 16.5. The van der Waals surface area contributed by atoms with Gasteiger partial charge in [0.2, 0.25) is 0 Å². The van der Waals surface area contributed by atoms with Gasteiger partial charge in [-0.2, -0.15) is 0 Å². The van der Waals surface area contributed by atoms with Gasteiger partial charge in [0.15, 0.2) is 0 Å². The molecule has 3 nitrogen and oxygen atoms in total. The maximum Gasteiger partial charge on any atom is 0.146 e. The van der Waals surface area contributed by atoms with Crippen molar-refractivity contribution in [2.45, 2.75) is 26.0 Å². The first-order chi connectivity index (χ1) is 5.43. The first-order valence-electron chi connectivity index (χ1n) is 4.29. The quantitative estimate of drug-likeness (QED) is 0.566. The van der Waals surface area contributed by atoms with E-state index < -0.39 is 0 Å². The molecule has 0 aromatic rings. The Morgan fingerprint density at radius 1 is 1.64 bits per heavy atom. The van der Waals surface area contributed by atoms with Crippen LogP contribution in [0, 0.1) is 0 Å². The van der Waals surface area contributed by atoms with Crippen LogP contribution in [0.2, 0.25) is 0 Å². The molecule has 1 aliphatic heterocycles. The Bertz CT molecular complexity index is 92.1. The molecule has 0 aliphatic carbocycles. The van der Waals surface area contributed by atoms with E-state index in [-0.39, 0.29) is 6.23 Å². The lowest BCUT2D eigenvalue weighted by molar-refractivity contribution is -0.0642. The predicted molar refractivity (Wildman–Crippen MR) is 42.5 cm³/mol. The van der Waals surface area contributed by atoms with Gasteiger partial charge in [-0.3, -0.25) is 0 Å². The predicted octanol–water partition coefficient (Wildman–Crippen LogP) is 0.764. The van der Waals surface area contributed by atoms with Gasteiger partial charge in [-0.25, -0.2) is 5.32 Å². The fraction of sp³-hybridized carbons (Fsp3) is 1.00. The van der Waals surface area contributed by atoms with Crippen molar-refractivity contribution in [3.63, 3.8) is 0 Å². The van der Waals surface area contributed by atoms with Crippen LogP contribution in [0.1, 0.15) is 19.8 Å². The highest BCUT2D eigenvalue weighted by molar-refractivity contribution is 4.58. The van der Waals surface area contributed by atoms with Gasteiger partial charge in [0, 0.05) is 13.2 Å². The fourth-order valence-corrected chi connectivity index (χ4v) is 0.963. The molecule has 1 radical (unpaired) electrons. The smallest absolute Gasteiger partial charge is 0.146 e. The number of ether oxygens (including phenoxy) is 2. The van der Waals surface area contributed by atoms with Gasteiger partial charge in [0.25, 0.3) is 0 Å². The van der Waals surface area contributed by atoms with Crippen molar-refractivity contribution < 1.29 is 9.47 Å². The first-order valence-corrected chi connectivity index (χ1v) is 4.29. The molecule has 0 aromatic carbocycles. The van der Waals surface area contributed by atoms with Crippen LogP contribution < -0.4 is 5.32 Å². The Morgan fingerprint density at radius 2 is 2.55 bits per heavy atom. The molecule has 1 rings (SSSR count). The lowest BCUT2D eigenvalue weighted by Gasteiger charge is -2.21. The maximum atomic E-state index is 5.43. The minimum absolute atomic E-state index is 0.00954. The monoisotopic (exact) mass is 158 g/mol. The third kappa shape index (κ3) is 3.70. The third-order valence-electron chi connectivity index (χ3n) is 1.64. The van der Waals surface area contributed by atoms with Crippen molar-refractivity contribution in [3.8, 4) is 0 Å². The van der Waals surface area contributed by atoms with Crippen LogP contribution in [0.5, 0.6) is 0 Å². The summed E-state index contributed by atoms with van der Waals surface area (Å²) in [5, 5.41) is 4.25. The Labute approximate surface area is 68.1 Å². The van der Waals surface area contributed by atoms with Crippen LogP contribution in [-0.2, 0) is 9.47 Å². The second-order valence-electron chi connectivity index (χ2n) is 2.66. The summed E-state index contributed by atoms with van der Waals surface area (Å²) in [4.78, 5) is 0. The summed E-state index contributed by atoms with van der Waals surface area (Å²) >= 11 is 0. The molecule has 1 aliphatic rings. The standard InChI is InChI=1S/C8H16NO2/c1-2-3-5-11-8-7-10-6-4-9-8/h8H,2-7H2,1H3. The summed E-state index contributed by atoms with van der Waals surface area (Å²) < 4.78 is 10.6. The zero-order valence-corrected chi connectivity index (χ0v) is 7.08. The summed E-state index contributed by atoms with van der Waals surface area (Å²) in [5.41, 5.74) is 0. The summed E-state index contributed by atoms with van der Waals surface area (Å²) in [6.45, 7) is 5.15. The van der Waals surface area contributed by atoms with Crippen LogP contribution in [0.25, 0.3) is 0 Å². The molecule has 0 amide bonds. The van der Waals surface area contributed by atoms with Gasteiger partial charge >= 0.3 is 0 Å². The highest BCUT2D eigenvalue weighted by Gasteiger charge is 2.13. The van der Waals surface area contributed by atoms with Crippen LogP contribution in [0.4, 0.5) is 0 Å². The van der Waals surface area contributed by atoms with E-state index in [1.165, 1.54) is 6.42 Å². The average molecular weight is 158 g/mol. The molecule has 1 fully saturated rings. The Hall–Kier alpha value is -0.120. The van der Waals surface area contributed by atoms with Crippen molar-refractivity contribution in [2.75, 3.05) is 26.4 Å². The van der Waals surface area contributed by atoms with E-state index in [4.69, 9.17) is 9.47 Å². The van der Waals surface area contributed by atoms with E-state index in [0.717, 1.165) is 26.2 Å². The van der Waals surface area contributed by atoms with Gasteiger partial charge in [0.05, 0.1) is 13.2 Å². The fourth-order valence-electron chi connectivity index (χ4n) is 0.963. The number of unbranched alkanes of at least 4 members (excludes halogenated alkanes) is 1. The Kier molecular flexibility index (Phi) is 4.50. The zero-order valence-electron chi connectivity index (χ0n) is 7.08. The van der Waals surface area contributed by atoms with E-state index >= 15 is 0 Å². The molecule has 0 aromatic heterocycles. The van der Waals surface area contributed by atoms with E-state index in [2.05, 4.69) is 12.2 Å². The highest BCUT2D eigenvalue weighted by Crippen LogP contribution is 1.98. The topological polar surface area (TPSA) is 32.6 Å². The second kappa shape index (κ2) is 5.52. The average Bonchev–Trinajstić information content (AvgIpc) is 2.07. The third-order valence-corrected chi connectivity index (χ3v) is 1.64. The molecule has 11 heavy (non-hydrogen) atoms. The van der Waals surface area contributed by atoms with E-state index in [9.17, 15) is 0 Å². The minimum atomic E-state index is 0.00954. The number of hydrogen-bond acceptors (Lipinski definition) is 2. The lowest BCUT2D eigenvalue weighted by atomic mass is 10.4. The van der Waals surface area contributed by atoms with Gasteiger partial charge < -0.3 is 9.47 Å². The largest absolute Gasteiger partial charge is 0.376 e. The van der Waals surface area contributed by atoms with Crippen LogP contribution in [0.3, 0.4) is 0 Å². The van der Waals surface area contributed by atoms with Gasteiger partial charge in [-0.05, 0) is 6.42 Å².